The minimum atomic E-state index is -0.883. The summed E-state index contributed by atoms with van der Waals surface area (Å²) in [6.07, 6.45) is 0. The largest absolute Gasteiger partial charge is 0.324 e. The van der Waals surface area contributed by atoms with Gasteiger partial charge in [-0.25, -0.2) is 4.98 Å². The quantitative estimate of drug-likeness (QED) is 0.287. The van der Waals surface area contributed by atoms with Gasteiger partial charge in [0.25, 0.3) is 0 Å². The van der Waals surface area contributed by atoms with Gasteiger partial charge < -0.3 is 4.72 Å². The number of para-hydroxylation sites is 1. The van der Waals surface area contributed by atoms with Gasteiger partial charge in [0.1, 0.15) is 5.03 Å². The van der Waals surface area contributed by atoms with E-state index in [2.05, 4.69) is 14.7 Å². The summed E-state index contributed by atoms with van der Waals surface area (Å²) in [7, 11) is 0. The van der Waals surface area contributed by atoms with E-state index in [1.165, 1.54) is 18.0 Å². The molecule has 0 atom stereocenters. The van der Waals surface area contributed by atoms with E-state index in [-0.39, 0.29) is 5.56 Å². The van der Waals surface area contributed by atoms with Crippen molar-refractivity contribution < 1.29 is 8.78 Å². The molecule has 3 aromatic heterocycles. The Hall–Kier alpha value is -3.32. The van der Waals surface area contributed by atoms with Gasteiger partial charge in [0, 0.05) is 23.1 Å². The Kier molecular flexibility index (Phi) is 5.95. The topological polar surface area (TPSA) is 50.7 Å². The van der Waals surface area contributed by atoms with Crippen molar-refractivity contribution in [2.45, 2.75) is 24.3 Å². The number of nitrogens with one attached hydrogen (secondary N) is 1. The Morgan fingerprint density at radius 1 is 0.742 bits per heavy atom. The monoisotopic (exact) mass is 434 g/mol. The van der Waals surface area contributed by atoms with E-state index in [0.717, 1.165) is 28.2 Å². The van der Waals surface area contributed by atoms with Crippen LogP contribution >= 0.6 is 11.9 Å². The molecule has 0 radical (unpaired) electrons. The van der Waals surface area contributed by atoms with Gasteiger partial charge in [-0.2, -0.15) is 13.8 Å². The second-order valence-corrected chi connectivity index (χ2v) is 8.26. The second-order valence-electron chi connectivity index (χ2n) is 7.44. The van der Waals surface area contributed by atoms with Gasteiger partial charge >= 0.3 is 0 Å². The summed E-state index contributed by atoms with van der Waals surface area (Å²) >= 11 is 1.43. The number of hydrogen-bond donors (Lipinski definition) is 1. The zero-order chi connectivity index (χ0) is 21.8. The number of hydrogen-bond acceptors (Lipinski definition) is 5. The van der Waals surface area contributed by atoms with Gasteiger partial charge in [-0.1, -0.05) is 30.3 Å². The van der Waals surface area contributed by atoms with Crippen LogP contribution in [0.5, 0.6) is 0 Å². The molecule has 156 valence electrons. The van der Waals surface area contributed by atoms with Crippen LogP contribution in [0.1, 0.15) is 25.2 Å². The molecule has 3 heterocycles. The van der Waals surface area contributed by atoms with Crippen LogP contribution < -0.4 is 4.72 Å². The molecule has 7 heteroatoms. The fraction of sp³-hybridized carbons (Fsp3) is 0.125. The zero-order valence-electron chi connectivity index (χ0n) is 17.0. The number of pyridine rings is 3. The van der Waals surface area contributed by atoms with Crippen molar-refractivity contribution in [3.63, 3.8) is 0 Å². The van der Waals surface area contributed by atoms with Crippen molar-refractivity contribution >= 4 is 17.6 Å². The maximum absolute atomic E-state index is 14.2. The highest BCUT2D eigenvalue weighted by atomic mass is 32.2. The molecule has 0 saturated heterocycles. The highest BCUT2D eigenvalue weighted by molar-refractivity contribution is 8.00. The summed E-state index contributed by atoms with van der Waals surface area (Å²) in [4.78, 5) is 12.7. The van der Waals surface area contributed by atoms with E-state index in [4.69, 9.17) is 4.98 Å². The number of halogens is 2. The van der Waals surface area contributed by atoms with Gasteiger partial charge in [-0.3, -0.25) is 4.98 Å². The molecule has 0 amide bonds. The van der Waals surface area contributed by atoms with Crippen LogP contribution in [0.25, 0.3) is 11.3 Å². The third-order valence-electron chi connectivity index (χ3n) is 4.89. The Balaban J connectivity index is 1.61. The van der Waals surface area contributed by atoms with E-state index in [0.29, 0.717) is 5.69 Å². The van der Waals surface area contributed by atoms with Crippen LogP contribution in [0.4, 0.5) is 14.5 Å². The molecule has 0 fully saturated rings. The van der Waals surface area contributed by atoms with Crippen LogP contribution in [0.3, 0.4) is 0 Å². The van der Waals surface area contributed by atoms with E-state index >= 15 is 0 Å². The molecule has 0 aliphatic carbocycles. The maximum atomic E-state index is 14.2. The summed E-state index contributed by atoms with van der Waals surface area (Å²) < 4.78 is 30.6. The first-order valence-corrected chi connectivity index (χ1v) is 10.5. The van der Waals surface area contributed by atoms with Gasteiger partial charge in [0.15, 0.2) is 0 Å². The zero-order valence-corrected chi connectivity index (χ0v) is 17.8. The number of benzene rings is 1. The molecular weight excluding hydrogens is 414 g/mol. The van der Waals surface area contributed by atoms with Gasteiger partial charge in [0.05, 0.1) is 22.6 Å². The fourth-order valence-corrected chi connectivity index (χ4v) is 3.75. The van der Waals surface area contributed by atoms with Gasteiger partial charge in [-0.05, 0) is 62.4 Å². The average Bonchev–Trinajstić information content (AvgIpc) is 2.79. The first-order valence-electron chi connectivity index (χ1n) is 9.69. The molecule has 1 N–H and O–H groups in total. The number of anilines is 1. The first-order chi connectivity index (χ1) is 14.9. The SMILES string of the molecule is CC(C)(c1cccc(SNc2ccccc2)n1)c1cccc(-c2ccc(F)nc2F)n1. The third-order valence-corrected chi connectivity index (χ3v) is 5.67. The molecule has 0 unspecified atom stereocenters. The molecule has 1 aromatic carbocycles. The molecular formula is C24H20F2N4S. The summed E-state index contributed by atoms with van der Waals surface area (Å²) in [5.74, 6) is -1.74. The molecule has 0 aliphatic rings. The molecule has 4 aromatic rings. The van der Waals surface area contributed by atoms with Crippen molar-refractivity contribution in [3.05, 3.63) is 102 Å². The first kappa shape index (κ1) is 20.9. The van der Waals surface area contributed by atoms with E-state index in [1.54, 1.807) is 12.1 Å². The molecule has 0 spiro atoms. The summed E-state index contributed by atoms with van der Waals surface area (Å²) in [5, 5.41) is 0.819. The fourth-order valence-electron chi connectivity index (χ4n) is 3.10. The lowest BCUT2D eigenvalue weighted by Gasteiger charge is -2.24. The van der Waals surface area contributed by atoms with E-state index in [9.17, 15) is 8.78 Å². The van der Waals surface area contributed by atoms with Crippen LogP contribution in [0.2, 0.25) is 0 Å². The van der Waals surface area contributed by atoms with Crippen molar-refractivity contribution in [1.82, 2.24) is 15.0 Å². The summed E-state index contributed by atoms with van der Waals surface area (Å²) in [6.45, 7) is 4.03. The number of rotatable bonds is 6. The molecule has 0 bridgehead atoms. The van der Waals surface area contributed by atoms with Gasteiger partial charge in [-0.15, -0.1) is 0 Å². The van der Waals surface area contributed by atoms with E-state index < -0.39 is 17.3 Å². The maximum Gasteiger partial charge on any atom is 0.224 e. The highest BCUT2D eigenvalue weighted by Gasteiger charge is 2.27. The summed E-state index contributed by atoms with van der Waals surface area (Å²) in [5.41, 5.74) is 2.55. The van der Waals surface area contributed by atoms with Crippen LogP contribution in [-0.2, 0) is 5.41 Å². The minimum Gasteiger partial charge on any atom is -0.324 e. The Morgan fingerprint density at radius 2 is 1.45 bits per heavy atom. The standard InChI is InChI=1S/C24H20F2N4S/c1-24(2,19-11-6-10-18(27-19)17-14-15-21(25)29-23(17)26)20-12-7-13-22(28-20)31-30-16-8-4-3-5-9-16/h3-15,30H,1-2H3. The van der Waals surface area contributed by atoms with Gasteiger partial charge in [0.2, 0.25) is 11.9 Å². The average molecular weight is 435 g/mol. The van der Waals surface area contributed by atoms with Crippen molar-refractivity contribution in [2.75, 3.05) is 4.72 Å². The van der Waals surface area contributed by atoms with E-state index in [1.807, 2.05) is 68.4 Å². The Labute approximate surface area is 183 Å². The Bertz CT molecular complexity index is 1200. The lowest BCUT2D eigenvalue weighted by molar-refractivity contribution is 0.514. The third kappa shape index (κ3) is 4.72. The Morgan fingerprint density at radius 3 is 2.19 bits per heavy atom. The summed E-state index contributed by atoms with van der Waals surface area (Å²) in [6, 6.07) is 23.5. The van der Waals surface area contributed by atoms with Crippen molar-refractivity contribution in [2.24, 2.45) is 0 Å². The predicted molar refractivity (Wildman–Crippen MR) is 120 cm³/mol. The normalized spacial score (nSPS) is 11.4. The second kappa shape index (κ2) is 8.81. The molecule has 0 saturated carbocycles. The highest BCUT2D eigenvalue weighted by Crippen LogP contribution is 2.32. The number of aromatic nitrogens is 3. The lowest BCUT2D eigenvalue weighted by Crippen LogP contribution is -2.22. The molecule has 31 heavy (non-hydrogen) atoms. The molecule has 0 aliphatic heterocycles. The van der Waals surface area contributed by atoms with Crippen LogP contribution in [0.15, 0.2) is 83.9 Å². The predicted octanol–water partition coefficient (Wildman–Crippen LogP) is 6.26. The number of nitrogens with zero attached hydrogens (tertiary/aromatic N) is 3. The lowest BCUT2D eigenvalue weighted by atomic mass is 9.84. The smallest absolute Gasteiger partial charge is 0.224 e. The van der Waals surface area contributed by atoms with Crippen LogP contribution in [-0.4, -0.2) is 15.0 Å². The molecule has 4 rings (SSSR count). The van der Waals surface area contributed by atoms with Crippen molar-refractivity contribution in [3.8, 4) is 11.3 Å². The van der Waals surface area contributed by atoms with Crippen molar-refractivity contribution in [1.29, 1.82) is 0 Å². The minimum absolute atomic E-state index is 0.156. The van der Waals surface area contributed by atoms with Crippen LogP contribution in [0, 0.1) is 11.9 Å². The molecule has 4 nitrogen and oxygen atoms in total.